The van der Waals surface area contributed by atoms with E-state index in [1.165, 1.54) is 0 Å². The molecule has 0 saturated heterocycles. The van der Waals surface area contributed by atoms with Crippen molar-refractivity contribution >= 4 is 27.6 Å². The van der Waals surface area contributed by atoms with Crippen molar-refractivity contribution in [3.8, 4) is 11.3 Å². The Morgan fingerprint density at radius 3 is 2.77 bits per heavy atom. The van der Waals surface area contributed by atoms with Crippen LogP contribution in [0.25, 0.3) is 33.1 Å². The largest absolute Gasteiger partial charge is 0.369 e. The number of anilines is 1. The number of aryl methyl sites for hydroxylation is 1. The number of benzene rings is 1. The van der Waals surface area contributed by atoms with Gasteiger partial charge in [0.2, 0.25) is 0 Å². The van der Waals surface area contributed by atoms with Gasteiger partial charge in [0.1, 0.15) is 12.1 Å². The Labute approximate surface area is 177 Å². The molecule has 0 radical (unpaired) electrons. The van der Waals surface area contributed by atoms with Crippen molar-refractivity contribution in [1.82, 2.24) is 30.1 Å². The lowest BCUT2D eigenvalue weighted by Gasteiger charge is -2.16. The van der Waals surface area contributed by atoms with Gasteiger partial charge in [-0.3, -0.25) is 25.0 Å². The highest BCUT2D eigenvalue weighted by atomic mass is 16.1. The van der Waals surface area contributed by atoms with Crippen LogP contribution in [0.4, 0.5) is 5.82 Å². The molecule has 0 aliphatic carbocycles. The predicted octanol–water partition coefficient (Wildman–Crippen LogP) is 3.78. The Morgan fingerprint density at radius 1 is 1.03 bits per heavy atom. The third-order valence-corrected chi connectivity index (χ3v) is 5.46. The van der Waals surface area contributed by atoms with Crippen molar-refractivity contribution in [2.45, 2.75) is 19.8 Å². The van der Waals surface area contributed by atoms with E-state index in [0.717, 1.165) is 39.2 Å². The number of fused-ring (bicyclic) bond motifs is 3. The van der Waals surface area contributed by atoms with Gasteiger partial charge in [0.05, 0.1) is 28.3 Å². The Bertz CT molecular complexity index is 1440. The van der Waals surface area contributed by atoms with Gasteiger partial charge < -0.3 is 5.32 Å². The third kappa shape index (κ3) is 3.52. The maximum absolute atomic E-state index is 12.2. The highest BCUT2D eigenvalue weighted by Gasteiger charge is 2.14. The topological polar surface area (TPSA) is 112 Å². The van der Waals surface area contributed by atoms with Crippen LogP contribution in [-0.2, 0) is 0 Å². The predicted molar refractivity (Wildman–Crippen MR) is 121 cm³/mol. The Balaban J connectivity index is 1.40. The van der Waals surface area contributed by atoms with E-state index in [2.05, 4.69) is 48.4 Å². The molecule has 154 valence electrons. The van der Waals surface area contributed by atoms with E-state index in [4.69, 9.17) is 0 Å². The zero-order valence-electron chi connectivity index (χ0n) is 17.2. The summed E-state index contributed by atoms with van der Waals surface area (Å²) in [5.74, 6) is 0.890. The molecule has 0 bridgehead atoms. The van der Waals surface area contributed by atoms with Crippen LogP contribution in [0.5, 0.6) is 0 Å². The molecule has 0 saturated carbocycles. The molecule has 5 aromatic rings. The first-order valence-corrected chi connectivity index (χ1v) is 10.1. The first-order valence-electron chi connectivity index (χ1n) is 10.1. The lowest BCUT2D eigenvalue weighted by molar-refractivity contribution is 0.806. The van der Waals surface area contributed by atoms with E-state index in [0.29, 0.717) is 17.4 Å². The van der Waals surface area contributed by atoms with E-state index in [-0.39, 0.29) is 11.5 Å². The van der Waals surface area contributed by atoms with Crippen LogP contribution in [0, 0.1) is 6.92 Å². The maximum Gasteiger partial charge on any atom is 0.272 e. The van der Waals surface area contributed by atoms with Crippen molar-refractivity contribution in [3.05, 3.63) is 76.7 Å². The average molecular weight is 411 g/mol. The van der Waals surface area contributed by atoms with Gasteiger partial charge in [-0.2, -0.15) is 0 Å². The Hall–Kier alpha value is -4.07. The van der Waals surface area contributed by atoms with Crippen LogP contribution < -0.4 is 10.9 Å². The third-order valence-electron chi connectivity index (χ3n) is 5.46. The molecule has 0 fully saturated rings. The number of aromatic amines is 2. The molecule has 0 amide bonds. The number of aromatic nitrogens is 6. The van der Waals surface area contributed by atoms with Gasteiger partial charge in [-0.25, -0.2) is 9.97 Å². The Kier molecular flexibility index (Phi) is 4.66. The van der Waals surface area contributed by atoms with Gasteiger partial charge in [0, 0.05) is 41.4 Å². The second kappa shape index (κ2) is 7.64. The summed E-state index contributed by atoms with van der Waals surface area (Å²) < 4.78 is 0. The molecule has 0 aliphatic rings. The fourth-order valence-corrected chi connectivity index (χ4v) is 3.77. The monoisotopic (exact) mass is 411 g/mol. The number of rotatable bonds is 5. The van der Waals surface area contributed by atoms with Crippen LogP contribution in [0.2, 0.25) is 0 Å². The summed E-state index contributed by atoms with van der Waals surface area (Å²) in [6, 6.07) is 11.8. The summed E-state index contributed by atoms with van der Waals surface area (Å²) in [5, 5.41) is 10.4. The summed E-state index contributed by atoms with van der Waals surface area (Å²) in [5.41, 5.74) is 5.21. The highest BCUT2D eigenvalue weighted by Crippen LogP contribution is 2.27. The summed E-state index contributed by atoms with van der Waals surface area (Å²) in [7, 11) is 0. The molecule has 31 heavy (non-hydrogen) atoms. The molecule has 1 aromatic carbocycles. The van der Waals surface area contributed by atoms with Gasteiger partial charge in [0.15, 0.2) is 0 Å². The van der Waals surface area contributed by atoms with Crippen LogP contribution in [0.3, 0.4) is 0 Å². The van der Waals surface area contributed by atoms with Crippen molar-refractivity contribution in [2.24, 2.45) is 0 Å². The molecule has 0 aliphatic heterocycles. The first-order chi connectivity index (χ1) is 15.1. The lowest BCUT2D eigenvalue weighted by atomic mass is 9.97. The standard InChI is InChI=1S/C23H21N7O/c1-13(9-25-20-8-18(27-12-28-20)15-7-6-14(2)24-10-15)16-4-3-5-17-21-19(11-26-22(16)17)29-30-23(21)31/h3-8,10-13H,9H2,1-2H3,(H,25,27,28)(H2,29,30,31). The Morgan fingerprint density at radius 2 is 1.94 bits per heavy atom. The molecule has 3 N–H and O–H groups in total. The van der Waals surface area contributed by atoms with E-state index in [1.807, 2.05) is 43.5 Å². The van der Waals surface area contributed by atoms with E-state index < -0.39 is 0 Å². The quantitative estimate of drug-likeness (QED) is 0.406. The van der Waals surface area contributed by atoms with Gasteiger partial charge in [-0.15, -0.1) is 0 Å². The number of nitrogens with zero attached hydrogens (tertiary/aromatic N) is 4. The lowest BCUT2D eigenvalue weighted by Crippen LogP contribution is -2.12. The number of hydrogen-bond donors (Lipinski definition) is 3. The zero-order valence-corrected chi connectivity index (χ0v) is 17.2. The summed E-state index contributed by atoms with van der Waals surface area (Å²) in [6.45, 7) is 4.74. The number of pyridine rings is 2. The molecule has 5 rings (SSSR count). The number of hydrogen-bond acceptors (Lipinski definition) is 6. The minimum Gasteiger partial charge on any atom is -0.369 e. The summed E-state index contributed by atoms with van der Waals surface area (Å²) >= 11 is 0. The van der Waals surface area contributed by atoms with Crippen molar-refractivity contribution in [2.75, 3.05) is 11.9 Å². The van der Waals surface area contributed by atoms with E-state index in [9.17, 15) is 4.79 Å². The minimum atomic E-state index is -0.135. The first kappa shape index (κ1) is 18.9. The molecule has 1 unspecified atom stereocenters. The second-order valence-electron chi connectivity index (χ2n) is 7.63. The number of nitrogens with one attached hydrogen (secondary N) is 3. The molecule has 1 atom stereocenters. The van der Waals surface area contributed by atoms with Gasteiger partial charge in [0.25, 0.3) is 5.56 Å². The molecular formula is C23H21N7O. The molecule has 8 nitrogen and oxygen atoms in total. The van der Waals surface area contributed by atoms with E-state index >= 15 is 0 Å². The van der Waals surface area contributed by atoms with Crippen LogP contribution in [-0.4, -0.2) is 36.7 Å². The second-order valence-corrected chi connectivity index (χ2v) is 7.63. The maximum atomic E-state index is 12.2. The number of H-pyrrole nitrogens is 2. The smallest absolute Gasteiger partial charge is 0.272 e. The molecule has 4 aromatic heterocycles. The zero-order chi connectivity index (χ0) is 21.4. The SMILES string of the molecule is Cc1ccc(-c2cc(NCC(C)c3cccc4c3ncc3[nH][nH]c(=O)c34)ncn2)cn1. The fraction of sp³-hybridized carbons (Fsp3) is 0.174. The molecule has 4 heterocycles. The minimum absolute atomic E-state index is 0.135. The van der Waals surface area contributed by atoms with Gasteiger partial charge in [-0.1, -0.05) is 25.1 Å². The summed E-state index contributed by atoms with van der Waals surface area (Å²) in [4.78, 5) is 29.9. The highest BCUT2D eigenvalue weighted by molar-refractivity contribution is 6.04. The van der Waals surface area contributed by atoms with Gasteiger partial charge in [-0.05, 0) is 24.6 Å². The van der Waals surface area contributed by atoms with E-state index in [1.54, 1.807) is 12.5 Å². The summed E-state index contributed by atoms with van der Waals surface area (Å²) in [6.07, 6.45) is 5.07. The van der Waals surface area contributed by atoms with Crippen molar-refractivity contribution < 1.29 is 0 Å². The average Bonchev–Trinajstić information content (AvgIpc) is 3.19. The molecule has 0 spiro atoms. The number of para-hydroxylation sites is 1. The van der Waals surface area contributed by atoms with Crippen molar-refractivity contribution in [1.29, 1.82) is 0 Å². The van der Waals surface area contributed by atoms with Crippen LogP contribution >= 0.6 is 0 Å². The van der Waals surface area contributed by atoms with Crippen LogP contribution in [0.15, 0.2) is 59.9 Å². The fourth-order valence-electron chi connectivity index (χ4n) is 3.77. The molecular weight excluding hydrogens is 390 g/mol. The van der Waals surface area contributed by atoms with Crippen LogP contribution in [0.1, 0.15) is 24.1 Å². The van der Waals surface area contributed by atoms with Crippen molar-refractivity contribution in [3.63, 3.8) is 0 Å². The molecule has 8 heteroatoms. The van der Waals surface area contributed by atoms with Gasteiger partial charge >= 0.3 is 0 Å². The normalized spacial score (nSPS) is 12.3.